The molecule has 3 rings (SSSR count). The summed E-state index contributed by atoms with van der Waals surface area (Å²) in [6, 6.07) is 10.8. The third kappa shape index (κ3) is 1.88. The van der Waals surface area contributed by atoms with Gasteiger partial charge in [0.25, 0.3) is 0 Å². The molecule has 0 amide bonds. The SMILES string of the molecule is NCC(c1ccoc1)N1Cc2ccccc2C1. The molecule has 1 atom stereocenters. The van der Waals surface area contributed by atoms with E-state index < -0.39 is 0 Å². The van der Waals surface area contributed by atoms with Crippen LogP contribution >= 0.6 is 0 Å². The Labute approximate surface area is 101 Å². The smallest absolute Gasteiger partial charge is 0.0950 e. The Morgan fingerprint density at radius 1 is 1.18 bits per heavy atom. The summed E-state index contributed by atoms with van der Waals surface area (Å²) in [5, 5.41) is 0. The van der Waals surface area contributed by atoms with Crippen molar-refractivity contribution >= 4 is 0 Å². The molecular formula is C14H16N2O. The highest BCUT2D eigenvalue weighted by Gasteiger charge is 2.26. The summed E-state index contributed by atoms with van der Waals surface area (Å²) in [7, 11) is 0. The van der Waals surface area contributed by atoms with Gasteiger partial charge >= 0.3 is 0 Å². The number of fused-ring (bicyclic) bond motifs is 1. The molecule has 0 fully saturated rings. The van der Waals surface area contributed by atoms with E-state index in [2.05, 4.69) is 29.2 Å². The minimum Gasteiger partial charge on any atom is -0.472 e. The van der Waals surface area contributed by atoms with Crippen molar-refractivity contribution in [1.29, 1.82) is 0 Å². The largest absolute Gasteiger partial charge is 0.472 e. The highest BCUT2D eigenvalue weighted by molar-refractivity contribution is 5.31. The zero-order chi connectivity index (χ0) is 11.7. The Morgan fingerprint density at radius 3 is 2.41 bits per heavy atom. The second kappa shape index (κ2) is 4.35. The van der Waals surface area contributed by atoms with E-state index in [0.29, 0.717) is 6.54 Å². The molecule has 1 aromatic heterocycles. The Kier molecular flexibility index (Phi) is 2.71. The maximum atomic E-state index is 5.90. The summed E-state index contributed by atoms with van der Waals surface area (Å²) in [5.41, 5.74) is 9.89. The lowest BCUT2D eigenvalue weighted by Gasteiger charge is -2.25. The Morgan fingerprint density at radius 2 is 1.88 bits per heavy atom. The molecule has 0 saturated carbocycles. The highest BCUT2D eigenvalue weighted by atomic mass is 16.3. The summed E-state index contributed by atoms with van der Waals surface area (Å²) >= 11 is 0. The van der Waals surface area contributed by atoms with Crippen LogP contribution in [0.15, 0.2) is 47.3 Å². The van der Waals surface area contributed by atoms with Crippen LogP contribution in [-0.2, 0) is 13.1 Å². The van der Waals surface area contributed by atoms with Crippen LogP contribution in [0, 0.1) is 0 Å². The average molecular weight is 228 g/mol. The van der Waals surface area contributed by atoms with Crippen LogP contribution in [0.1, 0.15) is 22.7 Å². The van der Waals surface area contributed by atoms with Gasteiger partial charge in [0.1, 0.15) is 0 Å². The maximum absolute atomic E-state index is 5.90. The van der Waals surface area contributed by atoms with Gasteiger partial charge in [0.2, 0.25) is 0 Å². The predicted octanol–water partition coefficient (Wildman–Crippen LogP) is 2.30. The van der Waals surface area contributed by atoms with Crippen LogP contribution in [0.3, 0.4) is 0 Å². The number of nitrogens with two attached hydrogens (primary N) is 1. The molecular weight excluding hydrogens is 212 g/mol. The zero-order valence-corrected chi connectivity index (χ0v) is 9.67. The molecule has 1 aliphatic rings. The molecule has 88 valence electrons. The minimum absolute atomic E-state index is 0.251. The first-order chi connectivity index (χ1) is 8.38. The average Bonchev–Trinajstić information content (AvgIpc) is 2.98. The summed E-state index contributed by atoms with van der Waals surface area (Å²) in [4.78, 5) is 2.40. The fraction of sp³-hybridized carbons (Fsp3) is 0.286. The van der Waals surface area contributed by atoms with Crippen LogP contribution in [0.5, 0.6) is 0 Å². The number of rotatable bonds is 3. The van der Waals surface area contributed by atoms with Crippen molar-refractivity contribution in [3.63, 3.8) is 0 Å². The second-order valence-corrected chi connectivity index (χ2v) is 4.48. The van der Waals surface area contributed by atoms with Crippen molar-refractivity contribution in [3.8, 4) is 0 Å². The molecule has 2 N–H and O–H groups in total. The zero-order valence-electron chi connectivity index (χ0n) is 9.67. The van der Waals surface area contributed by atoms with E-state index in [0.717, 1.165) is 13.1 Å². The van der Waals surface area contributed by atoms with Crippen molar-refractivity contribution in [2.75, 3.05) is 6.54 Å². The molecule has 1 aromatic carbocycles. The van der Waals surface area contributed by atoms with Gasteiger partial charge in [-0.15, -0.1) is 0 Å². The summed E-state index contributed by atoms with van der Waals surface area (Å²) in [5.74, 6) is 0. The van der Waals surface area contributed by atoms with E-state index in [1.54, 1.807) is 12.5 Å². The number of nitrogens with zero attached hydrogens (tertiary/aromatic N) is 1. The molecule has 17 heavy (non-hydrogen) atoms. The Hall–Kier alpha value is -1.58. The van der Waals surface area contributed by atoms with Crippen molar-refractivity contribution in [2.24, 2.45) is 5.73 Å². The number of benzene rings is 1. The standard InChI is InChI=1S/C14H16N2O/c15-7-14(13-5-6-17-10-13)16-8-11-3-1-2-4-12(11)9-16/h1-6,10,14H,7-9,15H2. The highest BCUT2D eigenvalue weighted by Crippen LogP contribution is 2.30. The van der Waals surface area contributed by atoms with Gasteiger partial charge in [0, 0.05) is 25.2 Å². The molecule has 3 nitrogen and oxygen atoms in total. The van der Waals surface area contributed by atoms with Gasteiger partial charge in [-0.05, 0) is 17.2 Å². The van der Waals surface area contributed by atoms with Crippen LogP contribution in [0.2, 0.25) is 0 Å². The van der Waals surface area contributed by atoms with E-state index in [1.807, 2.05) is 6.07 Å². The molecule has 0 aliphatic carbocycles. The monoisotopic (exact) mass is 228 g/mol. The van der Waals surface area contributed by atoms with Crippen LogP contribution in [-0.4, -0.2) is 11.4 Å². The number of hydrogen-bond donors (Lipinski definition) is 1. The van der Waals surface area contributed by atoms with Gasteiger partial charge in [-0.3, -0.25) is 4.90 Å². The van der Waals surface area contributed by atoms with Crippen molar-refractivity contribution in [3.05, 3.63) is 59.5 Å². The van der Waals surface area contributed by atoms with E-state index >= 15 is 0 Å². The quantitative estimate of drug-likeness (QED) is 0.876. The number of hydrogen-bond acceptors (Lipinski definition) is 3. The van der Waals surface area contributed by atoms with Crippen molar-refractivity contribution in [2.45, 2.75) is 19.1 Å². The van der Waals surface area contributed by atoms with Crippen LogP contribution in [0.25, 0.3) is 0 Å². The first-order valence-electron chi connectivity index (χ1n) is 5.91. The summed E-state index contributed by atoms with van der Waals surface area (Å²) in [6.07, 6.45) is 3.50. The molecule has 1 unspecified atom stereocenters. The van der Waals surface area contributed by atoms with Gasteiger partial charge < -0.3 is 10.2 Å². The number of furan rings is 1. The topological polar surface area (TPSA) is 42.4 Å². The lowest BCUT2D eigenvalue weighted by Crippen LogP contribution is -2.29. The lowest BCUT2D eigenvalue weighted by molar-refractivity contribution is 0.204. The predicted molar refractivity (Wildman–Crippen MR) is 66.2 cm³/mol. The van der Waals surface area contributed by atoms with Crippen molar-refractivity contribution < 1.29 is 4.42 Å². The summed E-state index contributed by atoms with van der Waals surface area (Å²) < 4.78 is 5.15. The van der Waals surface area contributed by atoms with E-state index in [4.69, 9.17) is 10.2 Å². The molecule has 1 aliphatic heterocycles. The van der Waals surface area contributed by atoms with Gasteiger partial charge in [0.15, 0.2) is 0 Å². The lowest BCUT2D eigenvalue weighted by atomic mass is 10.1. The Bertz CT molecular complexity index is 468. The van der Waals surface area contributed by atoms with E-state index in [9.17, 15) is 0 Å². The Balaban J connectivity index is 1.83. The molecule has 0 spiro atoms. The molecule has 0 bridgehead atoms. The third-order valence-electron chi connectivity index (χ3n) is 3.46. The molecule has 0 saturated heterocycles. The molecule has 2 aromatic rings. The first-order valence-corrected chi connectivity index (χ1v) is 5.91. The van der Waals surface area contributed by atoms with Gasteiger partial charge in [0.05, 0.1) is 18.6 Å². The normalized spacial score (nSPS) is 17.0. The van der Waals surface area contributed by atoms with Crippen molar-refractivity contribution in [1.82, 2.24) is 4.90 Å². The fourth-order valence-electron chi connectivity index (χ4n) is 2.54. The minimum atomic E-state index is 0.251. The van der Waals surface area contributed by atoms with Crippen LogP contribution in [0.4, 0.5) is 0 Å². The molecule has 0 radical (unpaired) electrons. The third-order valence-corrected chi connectivity index (χ3v) is 3.46. The van der Waals surface area contributed by atoms with Gasteiger partial charge in [-0.2, -0.15) is 0 Å². The molecule has 2 heterocycles. The van der Waals surface area contributed by atoms with Gasteiger partial charge in [-0.1, -0.05) is 24.3 Å². The fourth-order valence-corrected chi connectivity index (χ4v) is 2.54. The van der Waals surface area contributed by atoms with Gasteiger partial charge in [-0.25, -0.2) is 0 Å². The molecule has 3 heteroatoms. The summed E-state index contributed by atoms with van der Waals surface area (Å²) in [6.45, 7) is 2.57. The van der Waals surface area contributed by atoms with E-state index in [-0.39, 0.29) is 6.04 Å². The maximum Gasteiger partial charge on any atom is 0.0950 e. The van der Waals surface area contributed by atoms with Crippen LogP contribution < -0.4 is 5.73 Å². The first kappa shape index (κ1) is 10.6. The second-order valence-electron chi connectivity index (χ2n) is 4.48. The van der Waals surface area contributed by atoms with E-state index in [1.165, 1.54) is 16.7 Å².